The summed E-state index contributed by atoms with van der Waals surface area (Å²) in [5.74, 6) is 1.28. The van der Waals surface area contributed by atoms with E-state index in [2.05, 4.69) is 5.32 Å². The molecule has 0 spiro atoms. The lowest BCUT2D eigenvalue weighted by molar-refractivity contribution is 0.350. The summed E-state index contributed by atoms with van der Waals surface area (Å²) in [6.45, 7) is 5.77. The Balaban J connectivity index is 2.41. The summed E-state index contributed by atoms with van der Waals surface area (Å²) < 4.78 is 25.0. The van der Waals surface area contributed by atoms with Gasteiger partial charge in [0.15, 0.2) is 11.6 Å². The normalized spacial score (nSPS) is 18.9. The van der Waals surface area contributed by atoms with Gasteiger partial charge in [-0.2, -0.15) is 0 Å². The Morgan fingerprint density at radius 3 is 2.40 bits per heavy atom. The third-order valence-corrected chi connectivity index (χ3v) is 4.24. The van der Waals surface area contributed by atoms with E-state index in [0.717, 1.165) is 30.6 Å². The fourth-order valence-corrected chi connectivity index (χ4v) is 3.12. The van der Waals surface area contributed by atoms with E-state index in [1.165, 1.54) is 20.0 Å². The van der Waals surface area contributed by atoms with Gasteiger partial charge in [0.2, 0.25) is 0 Å². The third-order valence-electron chi connectivity index (χ3n) is 4.24. The zero-order chi connectivity index (χ0) is 14.7. The summed E-state index contributed by atoms with van der Waals surface area (Å²) >= 11 is 0. The van der Waals surface area contributed by atoms with E-state index in [0.29, 0.717) is 23.0 Å². The summed E-state index contributed by atoms with van der Waals surface area (Å²) in [4.78, 5) is 0. The van der Waals surface area contributed by atoms with Crippen LogP contribution in [0.15, 0.2) is 0 Å². The van der Waals surface area contributed by atoms with Crippen LogP contribution in [0, 0.1) is 25.6 Å². The zero-order valence-electron chi connectivity index (χ0n) is 12.8. The molecule has 0 aromatic heterocycles. The van der Waals surface area contributed by atoms with Crippen LogP contribution in [0.3, 0.4) is 0 Å². The zero-order valence-corrected chi connectivity index (χ0v) is 12.8. The molecule has 112 valence electrons. The predicted molar refractivity (Wildman–Crippen MR) is 78.3 cm³/mol. The Kier molecular flexibility index (Phi) is 4.86. The highest BCUT2D eigenvalue weighted by Crippen LogP contribution is 2.38. The fraction of sp³-hybridized carbons (Fsp3) is 0.625. The van der Waals surface area contributed by atoms with Crippen molar-refractivity contribution in [3.63, 3.8) is 0 Å². The van der Waals surface area contributed by atoms with Gasteiger partial charge in [0.1, 0.15) is 5.75 Å². The van der Waals surface area contributed by atoms with Gasteiger partial charge in [-0.15, -0.1) is 0 Å². The number of ether oxygens (including phenoxy) is 2. The van der Waals surface area contributed by atoms with Crippen LogP contribution in [0.25, 0.3) is 0 Å². The number of halogens is 1. The Morgan fingerprint density at radius 1 is 1.15 bits per heavy atom. The van der Waals surface area contributed by atoms with E-state index in [-0.39, 0.29) is 5.82 Å². The molecule has 1 aromatic carbocycles. The average Bonchev–Trinajstić information content (AvgIpc) is 2.47. The molecule has 0 saturated carbocycles. The van der Waals surface area contributed by atoms with Crippen molar-refractivity contribution in [2.75, 3.05) is 27.3 Å². The smallest absolute Gasteiger partial charge is 0.171 e. The van der Waals surface area contributed by atoms with Crippen LogP contribution in [0.2, 0.25) is 0 Å². The van der Waals surface area contributed by atoms with Crippen molar-refractivity contribution in [2.45, 2.75) is 33.1 Å². The van der Waals surface area contributed by atoms with Crippen molar-refractivity contribution >= 4 is 0 Å². The number of hydrogen-bond donors (Lipinski definition) is 1. The Bertz CT molecular complexity index is 482. The van der Waals surface area contributed by atoms with Crippen LogP contribution < -0.4 is 14.8 Å². The van der Waals surface area contributed by atoms with E-state index in [4.69, 9.17) is 9.47 Å². The minimum atomic E-state index is -0.313. The molecule has 0 aliphatic carbocycles. The maximum Gasteiger partial charge on any atom is 0.171 e. The molecule has 1 N–H and O–H groups in total. The first-order chi connectivity index (χ1) is 9.60. The summed E-state index contributed by atoms with van der Waals surface area (Å²) in [7, 11) is 3.12. The largest absolute Gasteiger partial charge is 0.496 e. The maximum atomic E-state index is 14.3. The summed E-state index contributed by atoms with van der Waals surface area (Å²) in [5, 5.41) is 3.42. The molecule has 0 radical (unpaired) electrons. The van der Waals surface area contributed by atoms with Crippen molar-refractivity contribution in [2.24, 2.45) is 5.92 Å². The molecule has 2 rings (SSSR count). The molecule has 1 fully saturated rings. The first kappa shape index (κ1) is 15.1. The van der Waals surface area contributed by atoms with Crippen LogP contribution in [0.1, 0.15) is 29.5 Å². The quantitative estimate of drug-likeness (QED) is 0.920. The van der Waals surface area contributed by atoms with Gasteiger partial charge in [-0.3, -0.25) is 0 Å². The molecule has 0 amide bonds. The van der Waals surface area contributed by atoms with Gasteiger partial charge in [-0.25, -0.2) is 4.39 Å². The monoisotopic (exact) mass is 281 g/mol. The van der Waals surface area contributed by atoms with Gasteiger partial charge in [-0.05, 0) is 52.1 Å². The van der Waals surface area contributed by atoms with Gasteiger partial charge in [0.05, 0.1) is 14.2 Å². The third kappa shape index (κ3) is 2.75. The lowest BCUT2D eigenvalue weighted by atomic mass is 9.88. The Hall–Kier alpha value is -1.29. The maximum absolute atomic E-state index is 14.3. The highest BCUT2D eigenvalue weighted by molar-refractivity contribution is 5.54. The molecule has 20 heavy (non-hydrogen) atoms. The second kappa shape index (κ2) is 6.44. The van der Waals surface area contributed by atoms with E-state index in [9.17, 15) is 4.39 Å². The van der Waals surface area contributed by atoms with Gasteiger partial charge < -0.3 is 14.8 Å². The minimum Gasteiger partial charge on any atom is -0.496 e. The van der Waals surface area contributed by atoms with Crippen molar-refractivity contribution in [3.8, 4) is 11.5 Å². The number of piperidine rings is 1. The highest BCUT2D eigenvalue weighted by atomic mass is 19.1. The number of hydrogen-bond acceptors (Lipinski definition) is 3. The van der Waals surface area contributed by atoms with Crippen molar-refractivity contribution < 1.29 is 13.9 Å². The molecular weight excluding hydrogens is 257 g/mol. The number of nitrogens with one attached hydrogen (secondary N) is 1. The number of rotatable bonds is 4. The van der Waals surface area contributed by atoms with Crippen molar-refractivity contribution in [3.05, 3.63) is 22.5 Å². The van der Waals surface area contributed by atoms with E-state index >= 15 is 0 Å². The molecule has 4 heteroatoms. The van der Waals surface area contributed by atoms with Gasteiger partial charge in [0, 0.05) is 16.7 Å². The molecule has 1 aliphatic heterocycles. The van der Waals surface area contributed by atoms with Gasteiger partial charge in [0.25, 0.3) is 0 Å². The summed E-state index contributed by atoms with van der Waals surface area (Å²) in [6.07, 6.45) is 3.30. The average molecular weight is 281 g/mol. The van der Waals surface area contributed by atoms with E-state index < -0.39 is 0 Å². The first-order valence-electron chi connectivity index (χ1n) is 7.20. The molecule has 1 atom stereocenters. The molecule has 1 saturated heterocycles. The minimum absolute atomic E-state index is 0.313. The SMILES string of the molecule is COc1c(C)c(CC2CCCNC2)c(OC)c(C)c1F. The molecule has 1 aliphatic rings. The van der Waals surface area contributed by atoms with Crippen molar-refractivity contribution in [1.29, 1.82) is 0 Å². The lowest BCUT2D eigenvalue weighted by Crippen LogP contribution is -2.31. The Morgan fingerprint density at radius 2 is 1.85 bits per heavy atom. The molecule has 1 heterocycles. The molecule has 0 bridgehead atoms. The molecular formula is C16H24FNO2. The standard InChI is InChI=1S/C16H24FNO2/c1-10-13(8-12-6-5-7-18-9-12)15(19-3)11(2)14(17)16(10)20-4/h12,18H,5-9H2,1-4H3. The molecule has 1 aromatic rings. The summed E-state index contributed by atoms with van der Waals surface area (Å²) in [5.41, 5.74) is 2.48. The van der Waals surface area contributed by atoms with Gasteiger partial charge >= 0.3 is 0 Å². The summed E-state index contributed by atoms with van der Waals surface area (Å²) in [6, 6.07) is 0. The highest BCUT2D eigenvalue weighted by Gasteiger charge is 2.24. The predicted octanol–water partition coefficient (Wildman–Crippen LogP) is 3.00. The first-order valence-corrected chi connectivity index (χ1v) is 7.20. The van der Waals surface area contributed by atoms with Crippen LogP contribution in [-0.2, 0) is 6.42 Å². The lowest BCUT2D eigenvalue weighted by Gasteiger charge is -2.26. The fourth-order valence-electron chi connectivity index (χ4n) is 3.12. The second-order valence-electron chi connectivity index (χ2n) is 5.53. The van der Waals surface area contributed by atoms with E-state index in [1.807, 2.05) is 6.92 Å². The number of methoxy groups -OCH3 is 2. The van der Waals surface area contributed by atoms with Crippen LogP contribution in [0.5, 0.6) is 11.5 Å². The van der Waals surface area contributed by atoms with Crippen LogP contribution in [-0.4, -0.2) is 27.3 Å². The molecule has 1 unspecified atom stereocenters. The van der Waals surface area contributed by atoms with E-state index in [1.54, 1.807) is 14.0 Å². The Labute approximate surface area is 120 Å². The van der Waals surface area contributed by atoms with Gasteiger partial charge in [-0.1, -0.05) is 0 Å². The second-order valence-corrected chi connectivity index (χ2v) is 5.53. The topological polar surface area (TPSA) is 30.5 Å². The molecule has 3 nitrogen and oxygen atoms in total. The van der Waals surface area contributed by atoms with Crippen LogP contribution >= 0.6 is 0 Å². The van der Waals surface area contributed by atoms with Crippen LogP contribution in [0.4, 0.5) is 4.39 Å². The van der Waals surface area contributed by atoms with Crippen molar-refractivity contribution in [1.82, 2.24) is 5.32 Å². The number of benzene rings is 1.